The van der Waals surface area contributed by atoms with E-state index in [0.717, 1.165) is 19.3 Å². The van der Waals surface area contributed by atoms with Crippen molar-refractivity contribution in [2.24, 2.45) is 5.41 Å². The molecule has 1 aromatic heterocycles. The highest BCUT2D eigenvalue weighted by atomic mass is 16.6. The Labute approximate surface area is 563 Å². The van der Waals surface area contributed by atoms with Gasteiger partial charge in [-0.1, -0.05) is 181 Å². The van der Waals surface area contributed by atoms with Gasteiger partial charge in [0.05, 0.1) is 18.4 Å². The lowest BCUT2D eigenvalue weighted by atomic mass is 9.73. The van der Waals surface area contributed by atoms with Crippen LogP contribution in [0.25, 0.3) is 0 Å². The van der Waals surface area contributed by atoms with Gasteiger partial charge in [0.15, 0.2) is 0 Å². The minimum atomic E-state index is -1.64. The van der Waals surface area contributed by atoms with Crippen molar-refractivity contribution in [3.8, 4) is 0 Å². The molecule has 4 atom stereocenters. The zero-order chi connectivity index (χ0) is 69.4. The fraction of sp³-hybridized carbons (Fsp3) is 0.539. The lowest BCUT2D eigenvalue weighted by molar-refractivity contribution is -0.159. The normalized spacial score (nSPS) is 14.3. The van der Waals surface area contributed by atoms with Crippen molar-refractivity contribution in [3.05, 3.63) is 149 Å². The molecule has 19 nitrogen and oxygen atoms in total. The van der Waals surface area contributed by atoms with Gasteiger partial charge in [0.25, 0.3) is 0 Å². The Morgan fingerprint density at radius 1 is 0.568 bits per heavy atom. The zero-order valence-electron chi connectivity index (χ0n) is 57.8. The average molecular weight is 1310 g/mol. The molecule has 1 aliphatic rings. The third-order valence-electron chi connectivity index (χ3n) is 17.4. The molecule has 95 heavy (non-hydrogen) atoms. The Morgan fingerprint density at radius 3 is 1.59 bits per heavy atom. The maximum atomic E-state index is 15.2. The monoisotopic (exact) mass is 1310 g/mol. The molecule has 0 unspecified atom stereocenters. The first kappa shape index (κ1) is 77.4. The molecular weight excluding hydrogens is 1200 g/mol. The number of carbonyl (C=O) groups is 10. The molecule has 0 spiro atoms. The number of rotatable bonds is 41. The van der Waals surface area contributed by atoms with E-state index in [2.05, 4.69) is 43.8 Å². The van der Waals surface area contributed by atoms with Crippen molar-refractivity contribution < 1.29 is 52.7 Å². The fourth-order valence-electron chi connectivity index (χ4n) is 11.8. The number of allylic oxidation sites excluding steroid dienone is 2. The van der Waals surface area contributed by atoms with Crippen molar-refractivity contribution in [1.29, 1.82) is 0 Å². The van der Waals surface area contributed by atoms with Crippen molar-refractivity contribution in [3.63, 3.8) is 0 Å². The van der Waals surface area contributed by atoms with Gasteiger partial charge in [-0.2, -0.15) is 0 Å². The molecule has 0 bridgehead atoms. The summed E-state index contributed by atoms with van der Waals surface area (Å²) in [4.78, 5) is 144. The van der Waals surface area contributed by atoms with E-state index in [1.807, 2.05) is 91.0 Å². The Balaban J connectivity index is 1.36. The van der Waals surface area contributed by atoms with Crippen LogP contribution in [0.4, 0.5) is 0 Å². The number of hydrogen-bond donors (Lipinski definition) is 6. The van der Waals surface area contributed by atoms with Crippen molar-refractivity contribution >= 4 is 58.8 Å². The Kier molecular flexibility index (Phi) is 32.2. The summed E-state index contributed by atoms with van der Waals surface area (Å²) in [5.41, 5.74) is 0.206. The number of carbonyl (C=O) groups excluding carboxylic acids is 10. The van der Waals surface area contributed by atoms with E-state index in [1.54, 1.807) is 66.1 Å². The van der Waals surface area contributed by atoms with Crippen LogP contribution < -0.4 is 31.9 Å². The summed E-state index contributed by atoms with van der Waals surface area (Å²) in [6, 6.07) is 26.3. The molecule has 19 heteroatoms. The molecule has 3 aromatic carbocycles. The van der Waals surface area contributed by atoms with Gasteiger partial charge >= 0.3 is 5.97 Å². The van der Waals surface area contributed by atoms with Gasteiger partial charge in [-0.15, -0.1) is 0 Å². The number of aromatic nitrogens is 1. The van der Waals surface area contributed by atoms with E-state index in [-0.39, 0.29) is 87.2 Å². The quantitative estimate of drug-likeness (QED) is 0.0105. The second-order valence-electron chi connectivity index (χ2n) is 27.0. The van der Waals surface area contributed by atoms with Gasteiger partial charge in [-0.05, 0) is 114 Å². The summed E-state index contributed by atoms with van der Waals surface area (Å²) in [7, 11) is 1.44. The van der Waals surface area contributed by atoms with E-state index in [9.17, 15) is 33.6 Å². The number of pyridine rings is 1. The van der Waals surface area contributed by atoms with Gasteiger partial charge in [0.1, 0.15) is 52.7 Å². The maximum absolute atomic E-state index is 15.2. The van der Waals surface area contributed by atoms with Crippen molar-refractivity contribution in [1.82, 2.24) is 41.8 Å². The highest BCUT2D eigenvalue weighted by molar-refractivity contribution is 6.10. The maximum Gasteiger partial charge on any atom is 0.329 e. The zero-order valence-corrected chi connectivity index (χ0v) is 57.8. The minimum Gasteiger partial charge on any atom is -0.458 e. The van der Waals surface area contributed by atoms with Crippen molar-refractivity contribution in [2.75, 3.05) is 20.1 Å². The summed E-state index contributed by atoms with van der Waals surface area (Å²) in [5, 5.41) is 17.9. The number of esters is 1. The molecule has 0 aliphatic heterocycles. The predicted molar refractivity (Wildman–Crippen MR) is 369 cm³/mol. The second kappa shape index (κ2) is 39.5. The SMILES string of the molecule is CCCCCCCCCCCCCCCC(=O)N[C@@H](CCC(=O)NCCCC[C@H](NC(C)=C1CC(=O)C(C)(C)C(=O)C1)C(=O)N[C@@H](CC(=O)NC(c1ccccc1)(c1ccccc1)c1ccccc1)C(=O)N[C@@H](Cc1cccnc1)C(=O)N(C)CC(C)=O)C(=O)OC(C)(C)C. The molecule has 6 N–H and O–H groups in total. The van der Waals surface area contributed by atoms with Crippen LogP contribution in [0.5, 0.6) is 0 Å². The molecule has 4 aromatic rings. The number of ether oxygens (including phenoxy) is 1. The molecule has 0 radical (unpaired) electrons. The minimum absolute atomic E-state index is 0.000604. The van der Waals surface area contributed by atoms with E-state index in [1.165, 1.54) is 76.7 Å². The molecule has 5 rings (SSSR count). The van der Waals surface area contributed by atoms with Gasteiger partial charge in [0, 0.05) is 63.8 Å². The van der Waals surface area contributed by atoms with Gasteiger partial charge in [0.2, 0.25) is 35.4 Å². The molecule has 6 amide bonds. The van der Waals surface area contributed by atoms with E-state index < -0.39 is 76.7 Å². The standard InChI is InChI=1S/C76H106N8O11/c1-10-11-12-13-14-15-16-17-18-19-20-21-31-43-68(89)80-62(73(94)95-74(4,5)6)44-45-67(88)78-47-33-32-42-61(79-55(3)57-49-65(86)75(7,8)66(87)50-57)70(91)81-63(71(92)82-64(48-56-35-34-46-77-52-56)72(93)84(9)53-54(2)85)51-69(90)83-76(58-36-25-22-26-37-58,59-38-27-23-28-39-59)60-40-29-24-30-41-60/h22-30,34-41,46,52,61-64,79H,10-21,31-33,42-45,47-51,53H2,1-9H3,(H,78,88)(H,80,89)(H,81,91)(H,82,92)(H,83,90)/t61-,62-,63-,64-/m0/s1. The summed E-state index contributed by atoms with van der Waals surface area (Å²) < 4.78 is 5.66. The number of hydrogen-bond acceptors (Lipinski definition) is 13. The first-order valence-corrected chi connectivity index (χ1v) is 34.4. The average Bonchev–Trinajstić information content (AvgIpc) is 0.762. The number of unbranched alkanes of at least 4 members (excludes halogenated alkanes) is 13. The smallest absolute Gasteiger partial charge is 0.329 e. The van der Waals surface area contributed by atoms with Crippen LogP contribution in [0.1, 0.15) is 219 Å². The van der Waals surface area contributed by atoms with Crippen LogP contribution >= 0.6 is 0 Å². The highest BCUT2D eigenvalue weighted by Crippen LogP contribution is 2.37. The van der Waals surface area contributed by atoms with E-state index in [4.69, 9.17) is 4.74 Å². The van der Waals surface area contributed by atoms with Crippen LogP contribution in [-0.2, 0) is 64.6 Å². The first-order valence-electron chi connectivity index (χ1n) is 34.4. The van der Waals surface area contributed by atoms with Crippen LogP contribution in [0, 0.1) is 5.41 Å². The first-order chi connectivity index (χ1) is 45.3. The molecule has 516 valence electrons. The third kappa shape index (κ3) is 26.1. The number of nitrogens with one attached hydrogen (secondary N) is 6. The molecule has 1 aliphatic carbocycles. The van der Waals surface area contributed by atoms with Crippen LogP contribution in [0.2, 0.25) is 0 Å². The van der Waals surface area contributed by atoms with Gasteiger partial charge < -0.3 is 41.5 Å². The lowest BCUT2D eigenvalue weighted by Crippen LogP contribution is -2.58. The van der Waals surface area contributed by atoms with Crippen LogP contribution in [0.15, 0.2) is 127 Å². The number of benzene rings is 3. The second-order valence-corrected chi connectivity index (χ2v) is 27.0. The van der Waals surface area contributed by atoms with Gasteiger partial charge in [-0.3, -0.25) is 48.1 Å². The summed E-state index contributed by atoms with van der Waals surface area (Å²) in [5.74, 6) is -5.04. The number of Topliss-reactive ketones (excluding diaryl/α,β-unsaturated/α-hetero) is 3. The Morgan fingerprint density at radius 2 is 1.08 bits per heavy atom. The van der Waals surface area contributed by atoms with Crippen LogP contribution in [-0.4, -0.2) is 119 Å². The fourth-order valence-corrected chi connectivity index (χ4v) is 11.8. The lowest BCUT2D eigenvalue weighted by Gasteiger charge is -2.37. The van der Waals surface area contributed by atoms with E-state index in [0.29, 0.717) is 52.8 Å². The predicted octanol–water partition coefficient (Wildman–Crippen LogP) is 10.7. The molecular formula is C76H106N8O11. The van der Waals surface area contributed by atoms with Gasteiger partial charge in [-0.25, -0.2) is 4.79 Å². The summed E-state index contributed by atoms with van der Waals surface area (Å²) in [6.07, 6.45) is 18.4. The summed E-state index contributed by atoms with van der Waals surface area (Å²) >= 11 is 0. The Bertz CT molecular complexity index is 3050. The Hall–Kier alpha value is -8.35. The molecule has 0 saturated heterocycles. The molecule has 1 heterocycles. The van der Waals surface area contributed by atoms with E-state index >= 15 is 14.4 Å². The largest absolute Gasteiger partial charge is 0.458 e. The highest BCUT2D eigenvalue weighted by Gasteiger charge is 2.42. The number of likely N-dealkylation sites (N-methyl/N-ethyl adjacent to an activating group) is 1. The number of nitrogens with zero attached hydrogens (tertiary/aromatic N) is 2. The molecule has 1 fully saturated rings. The number of ketones is 3. The van der Waals surface area contributed by atoms with Crippen LogP contribution in [0.3, 0.4) is 0 Å². The summed E-state index contributed by atoms with van der Waals surface area (Å²) in [6.45, 7) is 13.5. The van der Waals surface area contributed by atoms with Crippen molar-refractivity contribution in [2.45, 2.75) is 238 Å². The topological polar surface area (TPSA) is 268 Å². The molecule has 1 saturated carbocycles. The third-order valence-corrected chi connectivity index (χ3v) is 17.4. The number of amides is 6.